The van der Waals surface area contributed by atoms with Gasteiger partial charge in [-0.05, 0) is 36.8 Å². The van der Waals surface area contributed by atoms with E-state index in [2.05, 4.69) is 26.0 Å². The third-order valence-corrected chi connectivity index (χ3v) is 3.06. The molecule has 0 radical (unpaired) electrons. The first-order chi connectivity index (χ1) is 9.53. The highest BCUT2D eigenvalue weighted by Crippen LogP contribution is 2.24. The van der Waals surface area contributed by atoms with E-state index < -0.39 is 0 Å². The molecular formula is C18H24O2. The maximum Gasteiger partial charge on any atom is 0.315 e. The van der Waals surface area contributed by atoms with Crippen LogP contribution in [-0.4, -0.2) is 5.97 Å². The highest BCUT2D eigenvalue weighted by molar-refractivity contribution is 5.73. The van der Waals surface area contributed by atoms with Crippen molar-refractivity contribution in [2.24, 2.45) is 5.41 Å². The monoisotopic (exact) mass is 272 g/mol. The van der Waals surface area contributed by atoms with E-state index in [-0.39, 0.29) is 11.4 Å². The van der Waals surface area contributed by atoms with Gasteiger partial charge < -0.3 is 4.74 Å². The first-order valence-corrected chi connectivity index (χ1v) is 7.06. The van der Waals surface area contributed by atoms with Crippen LogP contribution in [-0.2, 0) is 16.0 Å². The topological polar surface area (TPSA) is 26.3 Å². The number of allylic oxidation sites excluding steroid dienone is 3. The predicted molar refractivity (Wildman–Crippen MR) is 83.2 cm³/mol. The third kappa shape index (κ3) is 6.93. The Morgan fingerprint density at radius 2 is 1.95 bits per heavy atom. The first kappa shape index (κ1) is 16.2. The lowest BCUT2D eigenvalue weighted by atomic mass is 9.87. The van der Waals surface area contributed by atoms with Gasteiger partial charge in [-0.1, -0.05) is 56.3 Å². The minimum Gasteiger partial charge on any atom is -0.435 e. The van der Waals surface area contributed by atoms with Gasteiger partial charge in [0.1, 0.15) is 0 Å². The summed E-state index contributed by atoms with van der Waals surface area (Å²) < 4.78 is 5.08. The number of carbonyl (C=O) groups excluding carboxylic acids is 1. The minimum absolute atomic E-state index is 0.188. The second-order valence-corrected chi connectivity index (χ2v) is 5.55. The summed E-state index contributed by atoms with van der Waals surface area (Å²) in [6, 6.07) is 9.61. The van der Waals surface area contributed by atoms with Crippen molar-refractivity contribution >= 4 is 5.97 Å². The Labute approximate surface area is 122 Å². The molecule has 0 atom stereocenters. The Bertz CT molecular complexity index is 456. The summed E-state index contributed by atoms with van der Waals surface area (Å²) in [5.74, 6) is -0.222. The summed E-state index contributed by atoms with van der Waals surface area (Å²) in [7, 11) is 0. The summed E-state index contributed by atoms with van der Waals surface area (Å²) in [6.07, 6.45) is 9.94. The maximum atomic E-state index is 11.6. The van der Waals surface area contributed by atoms with Crippen LogP contribution in [0.5, 0.6) is 0 Å². The van der Waals surface area contributed by atoms with E-state index in [4.69, 9.17) is 4.74 Å². The summed E-state index contributed by atoms with van der Waals surface area (Å²) in [5.41, 5.74) is 1.16. The zero-order valence-corrected chi connectivity index (χ0v) is 12.6. The van der Waals surface area contributed by atoms with Crippen molar-refractivity contribution in [1.82, 2.24) is 0 Å². The second kappa shape index (κ2) is 8.36. The van der Waals surface area contributed by atoms with Gasteiger partial charge in [0, 0.05) is 0 Å². The molecule has 0 amide bonds. The molecule has 0 bridgehead atoms. The van der Waals surface area contributed by atoms with E-state index in [1.54, 1.807) is 0 Å². The fourth-order valence-corrected chi connectivity index (χ4v) is 1.99. The fourth-order valence-electron chi connectivity index (χ4n) is 1.99. The Morgan fingerprint density at radius 1 is 1.25 bits per heavy atom. The summed E-state index contributed by atoms with van der Waals surface area (Å²) in [5, 5.41) is 0. The molecule has 20 heavy (non-hydrogen) atoms. The molecule has 0 aliphatic rings. The fraction of sp³-hybridized carbons (Fsp3) is 0.389. The number of esters is 1. The lowest BCUT2D eigenvalue weighted by molar-refractivity contribution is -0.137. The van der Waals surface area contributed by atoms with E-state index in [1.807, 2.05) is 43.3 Å². The Balaban J connectivity index is 2.26. The molecular weight excluding hydrogens is 248 g/mol. The molecule has 0 fully saturated rings. The SMILES string of the molecule is C/C=C/C(C)(C)CC/C=C/OC(=O)Cc1ccccc1. The van der Waals surface area contributed by atoms with Crippen molar-refractivity contribution in [2.75, 3.05) is 0 Å². The standard InChI is InChI=1S/C18H24O2/c1-4-12-18(2,3)13-8-9-14-20-17(19)15-16-10-6-5-7-11-16/h4-7,9-12,14H,8,13,15H2,1-3H3/b12-4+,14-9+. The van der Waals surface area contributed by atoms with E-state index in [9.17, 15) is 4.79 Å². The number of ether oxygens (including phenoxy) is 1. The smallest absolute Gasteiger partial charge is 0.315 e. The van der Waals surface area contributed by atoms with E-state index in [0.29, 0.717) is 6.42 Å². The molecule has 0 aromatic heterocycles. The number of rotatable bonds is 7. The third-order valence-electron chi connectivity index (χ3n) is 3.06. The Hall–Kier alpha value is -1.83. The zero-order valence-electron chi connectivity index (χ0n) is 12.6. The van der Waals surface area contributed by atoms with Crippen LogP contribution in [0, 0.1) is 5.41 Å². The van der Waals surface area contributed by atoms with Gasteiger partial charge in [-0.25, -0.2) is 0 Å². The molecule has 1 aromatic rings. The number of hydrogen-bond acceptors (Lipinski definition) is 2. The van der Waals surface area contributed by atoms with Crippen LogP contribution in [0.2, 0.25) is 0 Å². The summed E-state index contributed by atoms with van der Waals surface area (Å²) in [6.45, 7) is 6.42. The normalized spacial score (nSPS) is 12.2. The summed E-state index contributed by atoms with van der Waals surface area (Å²) in [4.78, 5) is 11.6. The average molecular weight is 272 g/mol. The molecule has 2 heteroatoms. The lowest BCUT2D eigenvalue weighted by Gasteiger charge is -2.18. The van der Waals surface area contributed by atoms with Crippen LogP contribution in [0.3, 0.4) is 0 Å². The van der Waals surface area contributed by atoms with Gasteiger partial charge in [0.2, 0.25) is 0 Å². The van der Waals surface area contributed by atoms with Gasteiger partial charge in [-0.3, -0.25) is 4.79 Å². The molecule has 0 saturated heterocycles. The second-order valence-electron chi connectivity index (χ2n) is 5.55. The summed E-state index contributed by atoms with van der Waals surface area (Å²) >= 11 is 0. The molecule has 0 heterocycles. The molecule has 0 spiro atoms. The molecule has 0 N–H and O–H groups in total. The van der Waals surface area contributed by atoms with Gasteiger partial charge in [0.05, 0.1) is 12.7 Å². The van der Waals surface area contributed by atoms with E-state index in [1.165, 1.54) is 6.26 Å². The number of benzene rings is 1. The van der Waals surface area contributed by atoms with Gasteiger partial charge in [0.25, 0.3) is 0 Å². The van der Waals surface area contributed by atoms with Crippen LogP contribution >= 0.6 is 0 Å². The molecule has 0 aliphatic carbocycles. The van der Waals surface area contributed by atoms with Crippen molar-refractivity contribution in [2.45, 2.75) is 40.0 Å². The molecule has 1 aromatic carbocycles. The molecule has 2 nitrogen and oxygen atoms in total. The predicted octanol–water partition coefficient (Wildman–Crippen LogP) is 4.67. The van der Waals surface area contributed by atoms with Gasteiger partial charge in [-0.2, -0.15) is 0 Å². The van der Waals surface area contributed by atoms with Crippen molar-refractivity contribution in [3.8, 4) is 0 Å². The first-order valence-electron chi connectivity index (χ1n) is 7.06. The van der Waals surface area contributed by atoms with Gasteiger partial charge in [-0.15, -0.1) is 0 Å². The Kier molecular flexibility index (Phi) is 6.78. The maximum absolute atomic E-state index is 11.6. The number of hydrogen-bond donors (Lipinski definition) is 0. The number of carbonyl (C=O) groups is 1. The van der Waals surface area contributed by atoms with Crippen molar-refractivity contribution in [1.29, 1.82) is 0 Å². The van der Waals surface area contributed by atoms with Crippen LogP contribution in [0.4, 0.5) is 0 Å². The van der Waals surface area contributed by atoms with Crippen molar-refractivity contribution < 1.29 is 9.53 Å². The highest BCUT2D eigenvalue weighted by Gasteiger charge is 2.11. The van der Waals surface area contributed by atoms with Crippen LogP contribution in [0.15, 0.2) is 54.8 Å². The quantitative estimate of drug-likeness (QED) is 0.409. The molecule has 1 rings (SSSR count). The van der Waals surface area contributed by atoms with Crippen LogP contribution in [0.25, 0.3) is 0 Å². The Morgan fingerprint density at radius 3 is 2.60 bits per heavy atom. The van der Waals surface area contributed by atoms with Crippen molar-refractivity contribution in [3.63, 3.8) is 0 Å². The van der Waals surface area contributed by atoms with Crippen LogP contribution < -0.4 is 0 Å². The van der Waals surface area contributed by atoms with Crippen LogP contribution in [0.1, 0.15) is 39.2 Å². The molecule has 0 aliphatic heterocycles. The lowest BCUT2D eigenvalue weighted by Crippen LogP contribution is -2.06. The average Bonchev–Trinajstić information content (AvgIpc) is 2.39. The zero-order chi connectivity index (χ0) is 14.8. The van der Waals surface area contributed by atoms with Crippen molar-refractivity contribution in [3.05, 3.63) is 60.4 Å². The largest absolute Gasteiger partial charge is 0.435 e. The highest BCUT2D eigenvalue weighted by atomic mass is 16.5. The van der Waals surface area contributed by atoms with E-state index in [0.717, 1.165) is 18.4 Å². The minimum atomic E-state index is -0.222. The molecule has 108 valence electrons. The molecule has 0 unspecified atom stereocenters. The molecule has 0 saturated carbocycles. The van der Waals surface area contributed by atoms with Gasteiger partial charge in [0.15, 0.2) is 0 Å². The van der Waals surface area contributed by atoms with Gasteiger partial charge >= 0.3 is 5.97 Å². The van der Waals surface area contributed by atoms with E-state index >= 15 is 0 Å².